The number of aryl methyl sites for hydroxylation is 2. The molecule has 4 heterocycles. The Hall–Kier alpha value is -2.25. The molecule has 7 heteroatoms. The number of nitrogens with zero attached hydrogens (tertiary/aromatic N) is 4. The van der Waals surface area contributed by atoms with Gasteiger partial charge in [-0.05, 0) is 37.5 Å². The Morgan fingerprint density at radius 3 is 3.00 bits per heavy atom. The van der Waals surface area contributed by atoms with E-state index in [0.29, 0.717) is 37.3 Å². The van der Waals surface area contributed by atoms with Crippen LogP contribution in [0.2, 0.25) is 0 Å². The van der Waals surface area contributed by atoms with Crippen LogP contribution in [0.5, 0.6) is 0 Å². The van der Waals surface area contributed by atoms with E-state index in [1.165, 1.54) is 0 Å². The standard InChI is InChI=1S/C20H26N4O3/c1-14-4-3-5-16(21-14)13-26-9-7-15-12-27-19-11-24(10-17(15)19)20(25)18-6-8-23(2)22-18/h3-6,8,15,17,19H,7,9-13H2,1-2H3/t15-,17-,19-/m0/s1. The molecule has 0 radical (unpaired) electrons. The van der Waals surface area contributed by atoms with Gasteiger partial charge in [0, 0.05) is 44.6 Å². The van der Waals surface area contributed by atoms with Gasteiger partial charge in [-0.25, -0.2) is 0 Å². The Morgan fingerprint density at radius 1 is 1.33 bits per heavy atom. The van der Waals surface area contributed by atoms with Gasteiger partial charge in [0.1, 0.15) is 5.69 Å². The van der Waals surface area contributed by atoms with Crippen LogP contribution in [0.4, 0.5) is 0 Å². The topological polar surface area (TPSA) is 69.5 Å². The minimum atomic E-state index is -0.00544. The van der Waals surface area contributed by atoms with Crippen LogP contribution in [0.15, 0.2) is 30.5 Å². The number of carbonyl (C=O) groups is 1. The minimum Gasteiger partial charge on any atom is -0.376 e. The number of pyridine rings is 1. The molecule has 2 fully saturated rings. The molecule has 2 aliphatic rings. The minimum absolute atomic E-state index is 0.00544. The third-order valence-electron chi connectivity index (χ3n) is 5.49. The lowest BCUT2D eigenvalue weighted by atomic mass is 9.91. The number of carbonyl (C=O) groups excluding carboxylic acids is 1. The number of amides is 1. The van der Waals surface area contributed by atoms with Crippen LogP contribution < -0.4 is 0 Å². The quantitative estimate of drug-likeness (QED) is 0.726. The van der Waals surface area contributed by atoms with E-state index in [1.54, 1.807) is 16.9 Å². The van der Waals surface area contributed by atoms with Crippen molar-refractivity contribution in [2.75, 3.05) is 26.3 Å². The highest BCUT2D eigenvalue weighted by Crippen LogP contribution is 2.36. The predicted molar refractivity (Wildman–Crippen MR) is 99.1 cm³/mol. The fraction of sp³-hybridized carbons (Fsp3) is 0.550. The van der Waals surface area contributed by atoms with Crippen molar-refractivity contribution < 1.29 is 14.3 Å². The van der Waals surface area contributed by atoms with Crippen molar-refractivity contribution in [3.05, 3.63) is 47.5 Å². The van der Waals surface area contributed by atoms with E-state index in [0.717, 1.165) is 31.0 Å². The average Bonchev–Trinajstić information content (AvgIpc) is 3.34. The zero-order valence-electron chi connectivity index (χ0n) is 15.9. The molecule has 0 N–H and O–H groups in total. The summed E-state index contributed by atoms with van der Waals surface area (Å²) in [6, 6.07) is 7.74. The fourth-order valence-electron chi connectivity index (χ4n) is 4.04. The van der Waals surface area contributed by atoms with Gasteiger partial charge in [-0.15, -0.1) is 0 Å². The maximum Gasteiger partial charge on any atom is 0.274 e. The van der Waals surface area contributed by atoms with Crippen molar-refractivity contribution in [2.45, 2.75) is 26.1 Å². The van der Waals surface area contributed by atoms with Crippen LogP contribution in [0.3, 0.4) is 0 Å². The number of aromatic nitrogens is 3. The monoisotopic (exact) mass is 370 g/mol. The fourth-order valence-corrected chi connectivity index (χ4v) is 4.04. The summed E-state index contributed by atoms with van der Waals surface area (Å²) in [5.41, 5.74) is 2.47. The lowest BCUT2D eigenvalue weighted by molar-refractivity contribution is 0.0642. The second-order valence-corrected chi connectivity index (χ2v) is 7.49. The number of hydrogen-bond donors (Lipinski definition) is 0. The molecule has 2 saturated heterocycles. The molecule has 0 aromatic carbocycles. The van der Waals surface area contributed by atoms with E-state index in [-0.39, 0.29) is 12.0 Å². The lowest BCUT2D eigenvalue weighted by Gasteiger charge is -2.19. The summed E-state index contributed by atoms with van der Waals surface area (Å²) in [5.74, 6) is 0.814. The Morgan fingerprint density at radius 2 is 2.22 bits per heavy atom. The highest BCUT2D eigenvalue weighted by Gasteiger charge is 2.45. The summed E-state index contributed by atoms with van der Waals surface area (Å²) in [6.45, 7) is 5.36. The van der Waals surface area contributed by atoms with Crippen molar-refractivity contribution >= 4 is 5.91 Å². The first-order valence-corrected chi connectivity index (χ1v) is 9.51. The van der Waals surface area contributed by atoms with Crippen molar-refractivity contribution in [2.24, 2.45) is 18.9 Å². The zero-order chi connectivity index (χ0) is 18.8. The first-order chi connectivity index (χ1) is 13.1. The summed E-state index contributed by atoms with van der Waals surface area (Å²) in [7, 11) is 1.82. The molecule has 7 nitrogen and oxygen atoms in total. The van der Waals surface area contributed by atoms with E-state index >= 15 is 0 Å². The largest absolute Gasteiger partial charge is 0.376 e. The van der Waals surface area contributed by atoms with E-state index in [1.807, 2.05) is 37.1 Å². The molecule has 2 aromatic rings. The highest BCUT2D eigenvalue weighted by molar-refractivity contribution is 5.92. The van der Waals surface area contributed by atoms with E-state index in [4.69, 9.17) is 9.47 Å². The smallest absolute Gasteiger partial charge is 0.274 e. The second-order valence-electron chi connectivity index (χ2n) is 7.49. The van der Waals surface area contributed by atoms with Crippen LogP contribution >= 0.6 is 0 Å². The highest BCUT2D eigenvalue weighted by atomic mass is 16.5. The molecule has 2 aromatic heterocycles. The summed E-state index contributed by atoms with van der Waals surface area (Å²) in [4.78, 5) is 18.9. The van der Waals surface area contributed by atoms with E-state index in [2.05, 4.69) is 10.1 Å². The first-order valence-electron chi connectivity index (χ1n) is 9.51. The van der Waals surface area contributed by atoms with Crippen molar-refractivity contribution in [3.63, 3.8) is 0 Å². The molecule has 1 amide bonds. The summed E-state index contributed by atoms with van der Waals surface area (Å²) in [5, 5.41) is 4.22. The summed E-state index contributed by atoms with van der Waals surface area (Å²) >= 11 is 0. The number of ether oxygens (including phenoxy) is 2. The van der Waals surface area contributed by atoms with Crippen LogP contribution in [-0.2, 0) is 23.1 Å². The Bertz CT molecular complexity index is 806. The third-order valence-corrected chi connectivity index (χ3v) is 5.49. The van der Waals surface area contributed by atoms with Crippen LogP contribution in [0.25, 0.3) is 0 Å². The predicted octanol–water partition coefficient (Wildman–Crippen LogP) is 1.82. The Labute approximate surface area is 159 Å². The van der Waals surface area contributed by atoms with Crippen molar-refractivity contribution in [1.29, 1.82) is 0 Å². The SMILES string of the molecule is Cc1cccc(COCC[C@H]2CO[C@H]3CN(C(=O)c4ccn(C)n4)C[C@@H]23)n1. The molecule has 27 heavy (non-hydrogen) atoms. The summed E-state index contributed by atoms with van der Waals surface area (Å²) < 4.78 is 13.4. The number of fused-ring (bicyclic) bond motifs is 1. The van der Waals surface area contributed by atoms with Gasteiger partial charge in [-0.3, -0.25) is 14.5 Å². The Kier molecular flexibility index (Phi) is 5.22. The van der Waals surface area contributed by atoms with Gasteiger partial charge in [0.15, 0.2) is 0 Å². The number of hydrogen-bond acceptors (Lipinski definition) is 5. The molecule has 3 atom stereocenters. The van der Waals surface area contributed by atoms with Gasteiger partial charge in [0.25, 0.3) is 5.91 Å². The van der Waals surface area contributed by atoms with Crippen LogP contribution in [0.1, 0.15) is 28.3 Å². The van der Waals surface area contributed by atoms with Crippen LogP contribution in [0, 0.1) is 18.8 Å². The number of rotatable bonds is 6. The second kappa shape index (κ2) is 7.78. The maximum absolute atomic E-state index is 12.6. The third kappa shape index (κ3) is 4.04. The molecule has 0 bridgehead atoms. The zero-order valence-corrected chi connectivity index (χ0v) is 15.9. The van der Waals surface area contributed by atoms with E-state index < -0.39 is 0 Å². The van der Waals surface area contributed by atoms with Crippen molar-refractivity contribution in [3.8, 4) is 0 Å². The molecule has 144 valence electrons. The molecule has 4 rings (SSSR count). The van der Waals surface area contributed by atoms with Gasteiger partial charge in [-0.1, -0.05) is 6.07 Å². The van der Waals surface area contributed by atoms with E-state index in [9.17, 15) is 4.79 Å². The lowest BCUT2D eigenvalue weighted by Crippen LogP contribution is -2.31. The Balaban J connectivity index is 1.26. The number of likely N-dealkylation sites (tertiary alicyclic amines) is 1. The van der Waals surface area contributed by atoms with Gasteiger partial charge < -0.3 is 14.4 Å². The van der Waals surface area contributed by atoms with Crippen molar-refractivity contribution in [1.82, 2.24) is 19.7 Å². The molecule has 0 aliphatic carbocycles. The molecule has 0 spiro atoms. The van der Waals surface area contributed by atoms with Gasteiger partial charge >= 0.3 is 0 Å². The van der Waals surface area contributed by atoms with Gasteiger partial charge in [0.05, 0.1) is 25.0 Å². The molecular formula is C20H26N4O3. The molecule has 0 unspecified atom stereocenters. The maximum atomic E-state index is 12.6. The molecular weight excluding hydrogens is 344 g/mol. The summed E-state index contributed by atoms with van der Waals surface area (Å²) in [6.07, 6.45) is 2.88. The van der Waals surface area contributed by atoms with Gasteiger partial charge in [-0.2, -0.15) is 5.10 Å². The normalized spacial score (nSPS) is 24.4. The first kappa shape index (κ1) is 18.1. The molecule has 2 aliphatic heterocycles. The van der Waals surface area contributed by atoms with Gasteiger partial charge in [0.2, 0.25) is 0 Å². The molecule has 0 saturated carbocycles. The van der Waals surface area contributed by atoms with Crippen LogP contribution in [-0.4, -0.2) is 58.0 Å². The average molecular weight is 370 g/mol.